The van der Waals surface area contributed by atoms with E-state index in [-0.39, 0.29) is 0 Å². The molecule has 0 fully saturated rings. The summed E-state index contributed by atoms with van der Waals surface area (Å²) in [7, 11) is -10.0. The van der Waals surface area contributed by atoms with E-state index in [2.05, 4.69) is 219 Å². The van der Waals surface area contributed by atoms with Gasteiger partial charge in [0.25, 0.3) is 16.6 Å². The van der Waals surface area contributed by atoms with Crippen molar-refractivity contribution in [2.24, 2.45) is 0 Å². The Hall–Kier alpha value is -4.89. The lowest BCUT2D eigenvalue weighted by Gasteiger charge is -2.47. The Morgan fingerprint density at radius 1 is 0.302 bits per heavy atom. The van der Waals surface area contributed by atoms with Gasteiger partial charge in [0.05, 0.1) is 0 Å². The van der Waals surface area contributed by atoms with Crippen molar-refractivity contribution in [1.82, 2.24) is 0 Å². The van der Waals surface area contributed by atoms with E-state index in [1.807, 2.05) is 0 Å². The molecule has 0 spiro atoms. The summed E-state index contributed by atoms with van der Waals surface area (Å²) in [4.78, 5) is 0. The van der Waals surface area contributed by atoms with Crippen molar-refractivity contribution in [2.75, 3.05) is 0 Å². The summed E-state index contributed by atoms with van der Waals surface area (Å²) < 4.78 is 17.1. The number of rotatable bonds is 16. The Balaban J connectivity index is 1.59. The van der Waals surface area contributed by atoms with Crippen molar-refractivity contribution >= 4 is 61.5 Å². The fourth-order valence-electron chi connectivity index (χ4n) is 7.67. The van der Waals surface area contributed by atoms with Gasteiger partial charge in [-0.15, -0.1) is 0 Å². The van der Waals surface area contributed by atoms with E-state index in [9.17, 15) is 0 Å². The van der Waals surface area contributed by atoms with Crippen LogP contribution in [0.2, 0.25) is 6.04 Å². The standard InChI is InChI=1S/C48H47O2Si3/c1-2-3-4-26-41-51(42-27-12-5-13-28-42,49-52(43-29-14-6-15-30-43,44-31-16-7-17-32-44)45-33-18-8-19-34-45)50-53(46-35-20-9-21-36-46,47-37-22-10-23-38-47)48-39-24-11-25-40-48/h5-25,27-40H,1-4,26,41H2. The van der Waals surface area contributed by atoms with Crippen molar-refractivity contribution in [3.05, 3.63) is 219 Å². The first-order chi connectivity index (χ1) is 26.2. The molecule has 53 heavy (non-hydrogen) atoms. The van der Waals surface area contributed by atoms with E-state index in [4.69, 9.17) is 8.23 Å². The molecule has 0 saturated heterocycles. The molecule has 0 aromatic heterocycles. The molecule has 7 aromatic rings. The highest BCUT2D eigenvalue weighted by molar-refractivity contribution is 7.15. The summed E-state index contributed by atoms with van der Waals surface area (Å²) >= 11 is 0. The van der Waals surface area contributed by atoms with Gasteiger partial charge in [-0.3, -0.25) is 0 Å². The number of hydrogen-bond donors (Lipinski definition) is 0. The van der Waals surface area contributed by atoms with Crippen LogP contribution in [0.3, 0.4) is 0 Å². The normalized spacial score (nSPS) is 12.0. The third-order valence-corrected chi connectivity index (χ3v) is 24.4. The molecule has 0 saturated carbocycles. The maximum absolute atomic E-state index is 8.54. The molecule has 5 heteroatoms. The summed E-state index contributed by atoms with van der Waals surface area (Å²) in [5.74, 6) is 0. The zero-order valence-corrected chi connectivity index (χ0v) is 33.3. The minimum Gasteiger partial charge on any atom is -0.422 e. The van der Waals surface area contributed by atoms with Crippen molar-refractivity contribution in [1.29, 1.82) is 0 Å². The quantitative estimate of drug-likeness (QED) is 0.0599. The van der Waals surface area contributed by atoms with Crippen LogP contribution >= 0.6 is 0 Å². The monoisotopic (exact) mass is 739 g/mol. The number of benzene rings is 7. The third kappa shape index (κ3) is 7.63. The first-order valence-corrected chi connectivity index (χ1v) is 24.6. The van der Waals surface area contributed by atoms with Gasteiger partial charge in [0.15, 0.2) is 0 Å². The molecule has 7 rings (SSSR count). The molecule has 0 N–H and O–H groups in total. The van der Waals surface area contributed by atoms with Crippen LogP contribution in [0, 0.1) is 6.92 Å². The SMILES string of the molecule is [CH2]CCCCC[Si](O[Si](c1ccccc1)(c1ccccc1)c1ccccc1)(O[Si](c1ccccc1)(c1ccccc1)c1ccccc1)c1ccccc1. The molecule has 0 unspecified atom stereocenters. The topological polar surface area (TPSA) is 18.5 Å². The van der Waals surface area contributed by atoms with E-state index in [1.54, 1.807) is 0 Å². The molecule has 263 valence electrons. The van der Waals surface area contributed by atoms with Gasteiger partial charge in [0.2, 0.25) is 0 Å². The van der Waals surface area contributed by atoms with Gasteiger partial charge in [-0.1, -0.05) is 245 Å². The van der Waals surface area contributed by atoms with Gasteiger partial charge < -0.3 is 8.23 Å². The molecular formula is C48H47O2Si3. The minimum absolute atomic E-state index is 0.805. The molecule has 0 aliphatic rings. The van der Waals surface area contributed by atoms with Crippen LogP contribution in [-0.2, 0) is 8.23 Å². The maximum Gasteiger partial charge on any atom is 0.353 e. The van der Waals surface area contributed by atoms with E-state index in [1.165, 1.54) is 31.1 Å². The molecular weight excluding hydrogens is 693 g/mol. The number of hydrogen-bond acceptors (Lipinski definition) is 2. The van der Waals surface area contributed by atoms with Crippen LogP contribution in [0.4, 0.5) is 0 Å². The molecule has 0 heterocycles. The fourth-order valence-corrected chi connectivity index (χ4v) is 24.4. The molecule has 1 radical (unpaired) electrons. The molecule has 0 aliphatic heterocycles. The highest BCUT2D eigenvalue weighted by atomic mass is 28.5. The Morgan fingerprint density at radius 3 is 0.792 bits per heavy atom. The van der Waals surface area contributed by atoms with Crippen LogP contribution in [0.15, 0.2) is 212 Å². The van der Waals surface area contributed by atoms with Crippen molar-refractivity contribution in [2.45, 2.75) is 31.7 Å². The van der Waals surface area contributed by atoms with Crippen LogP contribution in [0.1, 0.15) is 25.7 Å². The fraction of sp³-hybridized carbons (Fsp3) is 0.104. The largest absolute Gasteiger partial charge is 0.422 e. The molecule has 7 aromatic carbocycles. The van der Waals surface area contributed by atoms with E-state index in [0.29, 0.717) is 0 Å². The molecule has 2 nitrogen and oxygen atoms in total. The van der Waals surface area contributed by atoms with E-state index in [0.717, 1.165) is 36.9 Å². The summed E-state index contributed by atoms with van der Waals surface area (Å²) in [6.45, 7) is 4.20. The van der Waals surface area contributed by atoms with Gasteiger partial charge in [0.1, 0.15) is 0 Å². The lowest BCUT2D eigenvalue weighted by molar-refractivity contribution is 0.404. The van der Waals surface area contributed by atoms with Crippen LogP contribution in [-0.4, -0.2) is 25.2 Å². The van der Waals surface area contributed by atoms with Gasteiger partial charge in [0, 0.05) is 0 Å². The Bertz CT molecular complexity index is 1780. The predicted molar refractivity (Wildman–Crippen MR) is 231 cm³/mol. The second-order valence-corrected chi connectivity index (χ2v) is 24.0. The molecule has 0 amide bonds. The van der Waals surface area contributed by atoms with Gasteiger partial charge in [-0.25, -0.2) is 0 Å². The van der Waals surface area contributed by atoms with Crippen molar-refractivity contribution in [3.8, 4) is 0 Å². The Kier molecular flexibility index (Phi) is 11.9. The highest BCUT2D eigenvalue weighted by Crippen LogP contribution is 2.28. The average Bonchev–Trinajstić information content (AvgIpc) is 3.25. The van der Waals surface area contributed by atoms with Crippen molar-refractivity contribution < 1.29 is 8.23 Å². The maximum atomic E-state index is 8.54. The first-order valence-electron chi connectivity index (χ1n) is 18.8. The number of unbranched alkanes of at least 4 members (excludes halogenated alkanes) is 3. The second kappa shape index (κ2) is 17.3. The van der Waals surface area contributed by atoms with E-state index >= 15 is 0 Å². The summed E-state index contributed by atoms with van der Waals surface area (Å²) in [6.07, 6.45) is 4.01. The minimum atomic E-state index is -3.49. The summed E-state index contributed by atoms with van der Waals surface area (Å²) in [5.41, 5.74) is 0. The van der Waals surface area contributed by atoms with Gasteiger partial charge in [-0.05, 0) is 42.4 Å². The molecule has 0 bridgehead atoms. The Morgan fingerprint density at radius 2 is 0.547 bits per heavy atom. The molecule has 0 atom stereocenters. The van der Waals surface area contributed by atoms with Crippen LogP contribution in [0.5, 0.6) is 0 Å². The van der Waals surface area contributed by atoms with Crippen molar-refractivity contribution in [3.63, 3.8) is 0 Å². The van der Waals surface area contributed by atoms with Gasteiger partial charge in [-0.2, -0.15) is 0 Å². The highest BCUT2D eigenvalue weighted by Gasteiger charge is 2.57. The first kappa shape index (κ1) is 36.5. The van der Waals surface area contributed by atoms with E-state index < -0.39 is 25.2 Å². The lowest BCUT2D eigenvalue weighted by Crippen LogP contribution is -2.80. The summed E-state index contributed by atoms with van der Waals surface area (Å²) in [5, 5.41) is 8.40. The second-order valence-electron chi connectivity index (χ2n) is 13.5. The van der Waals surface area contributed by atoms with Crippen LogP contribution < -0.4 is 36.3 Å². The lowest BCUT2D eigenvalue weighted by atomic mass is 10.2. The van der Waals surface area contributed by atoms with Gasteiger partial charge >= 0.3 is 8.56 Å². The zero-order chi connectivity index (χ0) is 36.2. The smallest absolute Gasteiger partial charge is 0.353 e. The molecule has 0 aliphatic carbocycles. The van der Waals surface area contributed by atoms with Crippen LogP contribution in [0.25, 0.3) is 0 Å². The average molecular weight is 740 g/mol. The zero-order valence-electron chi connectivity index (χ0n) is 30.3. The predicted octanol–water partition coefficient (Wildman–Crippen LogP) is 7.10. The third-order valence-electron chi connectivity index (χ3n) is 10.2. The Labute approximate surface area is 319 Å². The summed E-state index contributed by atoms with van der Waals surface area (Å²) in [6, 6.07) is 77.6.